The number of hydrogen-bond acceptors (Lipinski definition) is 4. The lowest BCUT2D eigenvalue weighted by molar-refractivity contribution is -0.0462. The predicted octanol–water partition coefficient (Wildman–Crippen LogP) is 3.88. The third kappa shape index (κ3) is 3.44. The monoisotopic (exact) mass is 405 g/mol. The minimum atomic E-state index is -0.392. The molecule has 4 aliphatic heterocycles. The third-order valence-electron chi connectivity index (χ3n) is 6.77. The van der Waals surface area contributed by atoms with Crippen LogP contribution in [-0.2, 0) is 11.2 Å². The van der Waals surface area contributed by atoms with E-state index in [0.717, 1.165) is 49.2 Å². The van der Waals surface area contributed by atoms with Crippen molar-refractivity contribution in [2.75, 3.05) is 26.2 Å². The Hall–Kier alpha value is -2.91. The van der Waals surface area contributed by atoms with Crippen LogP contribution in [0, 0.1) is 23.1 Å². The van der Waals surface area contributed by atoms with E-state index < -0.39 is 6.04 Å². The molecule has 0 aromatic heterocycles. The summed E-state index contributed by atoms with van der Waals surface area (Å²) >= 11 is 0. The number of ether oxygens (including phenoxy) is 1. The summed E-state index contributed by atoms with van der Waals surface area (Å²) in [6.45, 7) is 3.51. The van der Waals surface area contributed by atoms with E-state index in [4.69, 9.17) is 4.74 Å². The number of fused-ring (bicyclic) bond motifs is 4. The average molecular weight is 405 g/mol. The average Bonchev–Trinajstić information content (AvgIpc) is 2.79. The topological polar surface area (TPSA) is 56.6 Å². The number of nitriles is 1. The number of rotatable bonds is 2. The zero-order valence-electron chi connectivity index (χ0n) is 16.8. The molecule has 2 atom stereocenters. The largest absolute Gasteiger partial charge is 0.444 e. The van der Waals surface area contributed by atoms with Crippen LogP contribution in [0.4, 0.5) is 9.18 Å². The fraction of sp³-hybridized carbons (Fsp3) is 0.417. The van der Waals surface area contributed by atoms with E-state index in [0.29, 0.717) is 24.4 Å². The molecule has 0 N–H and O–H groups in total. The molecule has 3 fully saturated rings. The lowest BCUT2D eigenvalue weighted by atomic mass is 9.86. The maximum absolute atomic E-state index is 13.6. The van der Waals surface area contributed by atoms with Crippen molar-refractivity contribution >= 4 is 6.09 Å². The van der Waals surface area contributed by atoms with E-state index in [1.54, 1.807) is 17.0 Å². The number of halogens is 1. The van der Waals surface area contributed by atoms with Crippen molar-refractivity contribution in [3.63, 3.8) is 0 Å². The molecule has 3 saturated heterocycles. The first-order chi connectivity index (χ1) is 14.6. The van der Waals surface area contributed by atoms with Gasteiger partial charge in [-0.15, -0.1) is 0 Å². The van der Waals surface area contributed by atoms with Crippen molar-refractivity contribution in [1.82, 2.24) is 9.80 Å². The molecule has 2 aromatic carbocycles. The van der Waals surface area contributed by atoms with Crippen molar-refractivity contribution in [2.24, 2.45) is 5.92 Å². The van der Waals surface area contributed by atoms with Gasteiger partial charge < -0.3 is 4.74 Å². The highest BCUT2D eigenvalue weighted by molar-refractivity contribution is 5.70. The standard InChI is InChI=1S/C24H24FN3O2/c25-20-5-3-19(4-6-20)23-21-13-16(14-26)1-2-17(21)9-12-28(23)24(29)30-22-15-27-10-7-18(22)8-11-27/h1-6,13,18,22-23H,7-12,15H2/t22-,23-/m1/s1. The molecule has 0 spiro atoms. The number of amides is 1. The van der Waals surface area contributed by atoms with E-state index in [1.807, 2.05) is 18.2 Å². The number of nitrogens with zero attached hydrogens (tertiary/aromatic N) is 3. The van der Waals surface area contributed by atoms with Crippen LogP contribution >= 0.6 is 0 Å². The van der Waals surface area contributed by atoms with Gasteiger partial charge in [0, 0.05) is 13.1 Å². The smallest absolute Gasteiger partial charge is 0.410 e. The van der Waals surface area contributed by atoms with Crippen LogP contribution in [0.2, 0.25) is 0 Å². The van der Waals surface area contributed by atoms with Gasteiger partial charge in [-0.3, -0.25) is 9.80 Å². The summed E-state index contributed by atoms with van der Waals surface area (Å²) in [5, 5.41) is 9.37. The van der Waals surface area contributed by atoms with Crippen LogP contribution in [0.5, 0.6) is 0 Å². The highest BCUT2D eigenvalue weighted by atomic mass is 19.1. The minimum absolute atomic E-state index is 0.0688. The zero-order chi connectivity index (χ0) is 20.7. The Kier molecular flexibility index (Phi) is 4.92. The van der Waals surface area contributed by atoms with Gasteiger partial charge in [0.1, 0.15) is 11.9 Å². The fourth-order valence-corrected chi connectivity index (χ4v) is 5.13. The van der Waals surface area contributed by atoms with E-state index in [2.05, 4.69) is 11.0 Å². The molecular formula is C24H24FN3O2. The summed E-state index contributed by atoms with van der Waals surface area (Å²) in [7, 11) is 0. The number of hydrogen-bond donors (Lipinski definition) is 0. The van der Waals surface area contributed by atoms with Gasteiger partial charge in [0.15, 0.2) is 0 Å². The number of piperidine rings is 3. The second kappa shape index (κ2) is 7.73. The SMILES string of the molecule is N#Cc1ccc2c(c1)[C@@H](c1ccc(F)cc1)N(C(=O)O[C@@H]1CN3CCC1CC3)CC2. The summed E-state index contributed by atoms with van der Waals surface area (Å²) in [4.78, 5) is 17.4. The molecule has 154 valence electrons. The molecule has 1 amide bonds. The first kappa shape index (κ1) is 19.1. The van der Waals surface area contributed by atoms with E-state index in [1.165, 1.54) is 12.1 Å². The Morgan fingerprint density at radius 2 is 1.87 bits per heavy atom. The molecule has 2 bridgehead atoms. The molecular weight excluding hydrogens is 381 g/mol. The maximum atomic E-state index is 13.6. The van der Waals surface area contributed by atoms with Gasteiger partial charge in [-0.2, -0.15) is 5.26 Å². The van der Waals surface area contributed by atoms with Crippen molar-refractivity contribution in [3.05, 3.63) is 70.5 Å². The highest BCUT2D eigenvalue weighted by Gasteiger charge is 2.39. The first-order valence-corrected chi connectivity index (χ1v) is 10.6. The summed E-state index contributed by atoms with van der Waals surface area (Å²) in [5.74, 6) is 0.118. The Morgan fingerprint density at radius 1 is 1.10 bits per heavy atom. The molecule has 4 aliphatic rings. The van der Waals surface area contributed by atoms with Crippen LogP contribution in [0.15, 0.2) is 42.5 Å². The van der Waals surface area contributed by atoms with Gasteiger partial charge in [-0.05, 0) is 79.2 Å². The van der Waals surface area contributed by atoms with Crippen LogP contribution in [-0.4, -0.2) is 48.2 Å². The zero-order valence-corrected chi connectivity index (χ0v) is 16.8. The number of carbonyl (C=O) groups is 1. The van der Waals surface area contributed by atoms with Crippen LogP contribution in [0.3, 0.4) is 0 Å². The molecule has 6 heteroatoms. The maximum Gasteiger partial charge on any atom is 0.410 e. The van der Waals surface area contributed by atoms with E-state index in [-0.39, 0.29) is 18.0 Å². The molecule has 0 aliphatic carbocycles. The normalized spacial score (nSPS) is 27.3. The number of carbonyl (C=O) groups excluding carboxylic acids is 1. The van der Waals surface area contributed by atoms with Gasteiger partial charge >= 0.3 is 6.09 Å². The minimum Gasteiger partial charge on any atom is -0.444 e. The molecule has 0 radical (unpaired) electrons. The summed E-state index contributed by atoms with van der Waals surface area (Å²) in [6, 6.07) is 13.6. The Bertz CT molecular complexity index is 993. The second-order valence-corrected chi connectivity index (χ2v) is 8.48. The van der Waals surface area contributed by atoms with Crippen molar-refractivity contribution in [2.45, 2.75) is 31.4 Å². The predicted molar refractivity (Wildman–Crippen MR) is 109 cm³/mol. The Labute approximate surface area is 175 Å². The molecule has 0 unspecified atom stereocenters. The Morgan fingerprint density at radius 3 is 2.53 bits per heavy atom. The van der Waals surface area contributed by atoms with Gasteiger partial charge in [-0.25, -0.2) is 9.18 Å². The first-order valence-electron chi connectivity index (χ1n) is 10.6. The molecule has 4 heterocycles. The van der Waals surface area contributed by atoms with Gasteiger partial charge in [0.05, 0.1) is 17.7 Å². The van der Waals surface area contributed by atoms with Crippen LogP contribution in [0.1, 0.15) is 41.1 Å². The summed E-state index contributed by atoms with van der Waals surface area (Å²) in [6.07, 6.45) is 2.46. The van der Waals surface area contributed by atoms with Crippen molar-refractivity contribution < 1.29 is 13.9 Å². The van der Waals surface area contributed by atoms with Crippen LogP contribution < -0.4 is 0 Å². The van der Waals surface area contributed by atoms with Crippen molar-refractivity contribution in [3.8, 4) is 6.07 Å². The molecule has 0 saturated carbocycles. The van der Waals surface area contributed by atoms with E-state index >= 15 is 0 Å². The molecule has 6 rings (SSSR count). The lowest BCUT2D eigenvalue weighted by Crippen LogP contribution is -2.53. The number of benzene rings is 2. The molecule has 2 aromatic rings. The summed E-state index contributed by atoms with van der Waals surface area (Å²) in [5.41, 5.74) is 3.39. The van der Waals surface area contributed by atoms with Crippen LogP contribution in [0.25, 0.3) is 0 Å². The van der Waals surface area contributed by atoms with Crippen molar-refractivity contribution in [1.29, 1.82) is 5.26 Å². The second-order valence-electron chi connectivity index (χ2n) is 8.48. The quantitative estimate of drug-likeness (QED) is 0.761. The highest BCUT2D eigenvalue weighted by Crippen LogP contribution is 2.37. The van der Waals surface area contributed by atoms with Gasteiger partial charge in [-0.1, -0.05) is 18.2 Å². The Balaban J connectivity index is 1.47. The fourth-order valence-electron chi connectivity index (χ4n) is 5.13. The van der Waals surface area contributed by atoms with Gasteiger partial charge in [0.25, 0.3) is 0 Å². The van der Waals surface area contributed by atoms with Gasteiger partial charge in [0.2, 0.25) is 0 Å². The van der Waals surface area contributed by atoms with E-state index in [9.17, 15) is 14.4 Å². The summed E-state index contributed by atoms with van der Waals surface area (Å²) < 4.78 is 19.6. The molecule has 30 heavy (non-hydrogen) atoms. The lowest BCUT2D eigenvalue weighted by Gasteiger charge is -2.45. The third-order valence-corrected chi connectivity index (χ3v) is 6.77. The molecule has 5 nitrogen and oxygen atoms in total.